The molecule has 1 amide bonds. The first-order valence-corrected chi connectivity index (χ1v) is 8.69. The lowest BCUT2D eigenvalue weighted by Crippen LogP contribution is -2.43. The zero-order valence-electron chi connectivity index (χ0n) is 15.8. The molecule has 2 aromatic carbocycles. The summed E-state index contributed by atoms with van der Waals surface area (Å²) in [5, 5.41) is 6.65. The van der Waals surface area contributed by atoms with Gasteiger partial charge in [-0.2, -0.15) is 9.78 Å². The summed E-state index contributed by atoms with van der Waals surface area (Å²) in [4.78, 5) is 37.5. The second kappa shape index (κ2) is 7.91. The van der Waals surface area contributed by atoms with Crippen molar-refractivity contribution >= 4 is 11.6 Å². The Morgan fingerprint density at radius 3 is 2.29 bits per heavy atom. The Bertz CT molecular complexity index is 1110. The van der Waals surface area contributed by atoms with Gasteiger partial charge in [-0.15, -0.1) is 0 Å². The van der Waals surface area contributed by atoms with Gasteiger partial charge in [0.05, 0.1) is 12.8 Å². The van der Waals surface area contributed by atoms with Crippen molar-refractivity contribution in [3.05, 3.63) is 80.6 Å². The molecule has 1 heterocycles. The zero-order chi connectivity index (χ0) is 20.3. The van der Waals surface area contributed by atoms with Gasteiger partial charge in [-0.05, 0) is 48.4 Å². The highest BCUT2D eigenvalue weighted by Crippen LogP contribution is 2.13. The molecular formula is C20H20N4O4. The Balaban J connectivity index is 2.00. The molecule has 8 nitrogen and oxygen atoms in total. The van der Waals surface area contributed by atoms with Gasteiger partial charge in [0.25, 0.3) is 11.5 Å². The highest BCUT2D eigenvalue weighted by atomic mass is 16.5. The number of carbonyl (C=O) groups excluding carboxylic acids is 1. The van der Waals surface area contributed by atoms with E-state index >= 15 is 0 Å². The van der Waals surface area contributed by atoms with Gasteiger partial charge in [0.15, 0.2) is 0 Å². The van der Waals surface area contributed by atoms with Crippen molar-refractivity contribution in [1.82, 2.24) is 14.3 Å². The van der Waals surface area contributed by atoms with Crippen LogP contribution < -0.4 is 21.3 Å². The van der Waals surface area contributed by atoms with Gasteiger partial charge in [-0.3, -0.25) is 14.2 Å². The maximum Gasteiger partial charge on any atom is 0.351 e. The SMILES string of the molecule is CCc1ccc(NC(=O)c2nn(-c3ccc(OC)cc3)c(=O)n(C)c2=O)cc1. The molecule has 0 aliphatic heterocycles. The lowest BCUT2D eigenvalue weighted by molar-refractivity contribution is 0.101. The topological polar surface area (TPSA) is 95.2 Å². The Morgan fingerprint density at radius 2 is 1.71 bits per heavy atom. The smallest absolute Gasteiger partial charge is 0.351 e. The molecule has 0 atom stereocenters. The van der Waals surface area contributed by atoms with Crippen LogP contribution in [0.25, 0.3) is 5.69 Å². The molecular weight excluding hydrogens is 360 g/mol. The molecule has 1 N–H and O–H groups in total. The molecule has 0 spiro atoms. The largest absolute Gasteiger partial charge is 0.497 e. The first-order valence-electron chi connectivity index (χ1n) is 8.69. The summed E-state index contributed by atoms with van der Waals surface area (Å²) < 4.78 is 6.96. The van der Waals surface area contributed by atoms with E-state index in [-0.39, 0.29) is 5.69 Å². The summed E-state index contributed by atoms with van der Waals surface area (Å²) >= 11 is 0. The van der Waals surface area contributed by atoms with Gasteiger partial charge in [-0.1, -0.05) is 19.1 Å². The van der Waals surface area contributed by atoms with Crippen LogP contribution in [0.4, 0.5) is 5.69 Å². The maximum absolute atomic E-state index is 12.6. The number of anilines is 1. The van der Waals surface area contributed by atoms with Crippen LogP contribution in [0.1, 0.15) is 23.0 Å². The zero-order valence-corrected chi connectivity index (χ0v) is 15.8. The first kappa shape index (κ1) is 19.1. The third-order valence-electron chi connectivity index (χ3n) is 4.33. The number of hydrogen-bond acceptors (Lipinski definition) is 5. The summed E-state index contributed by atoms with van der Waals surface area (Å²) in [6, 6.07) is 13.8. The van der Waals surface area contributed by atoms with Crippen molar-refractivity contribution < 1.29 is 9.53 Å². The Labute approximate surface area is 161 Å². The minimum atomic E-state index is -0.766. The van der Waals surface area contributed by atoms with Gasteiger partial charge >= 0.3 is 5.69 Å². The van der Waals surface area contributed by atoms with E-state index in [1.807, 2.05) is 19.1 Å². The minimum Gasteiger partial charge on any atom is -0.497 e. The summed E-state index contributed by atoms with van der Waals surface area (Å²) in [5.74, 6) is -0.0813. The third-order valence-corrected chi connectivity index (χ3v) is 4.33. The van der Waals surface area contributed by atoms with Crippen molar-refractivity contribution in [3.8, 4) is 11.4 Å². The Hall–Kier alpha value is -3.68. The summed E-state index contributed by atoms with van der Waals surface area (Å²) in [7, 11) is 2.83. The number of nitrogens with one attached hydrogen (secondary N) is 1. The van der Waals surface area contributed by atoms with Crippen LogP contribution in [0.3, 0.4) is 0 Å². The van der Waals surface area contributed by atoms with Crippen molar-refractivity contribution in [2.45, 2.75) is 13.3 Å². The Kier molecular flexibility index (Phi) is 5.39. The minimum absolute atomic E-state index is 0.377. The van der Waals surface area contributed by atoms with E-state index in [0.29, 0.717) is 17.1 Å². The number of rotatable bonds is 5. The molecule has 3 rings (SSSR count). The normalized spacial score (nSPS) is 10.5. The van der Waals surface area contributed by atoms with Gasteiger partial charge < -0.3 is 10.1 Å². The van der Waals surface area contributed by atoms with Crippen LogP contribution in [-0.4, -0.2) is 27.4 Å². The number of ether oxygens (including phenoxy) is 1. The lowest BCUT2D eigenvalue weighted by Gasteiger charge is -2.10. The molecule has 0 unspecified atom stereocenters. The predicted octanol–water partition coefficient (Wildman–Crippen LogP) is 1.75. The number of aryl methyl sites for hydroxylation is 1. The molecule has 3 aromatic rings. The van der Waals surface area contributed by atoms with Crippen molar-refractivity contribution in [2.24, 2.45) is 7.05 Å². The molecule has 0 fully saturated rings. The van der Waals surface area contributed by atoms with Crippen LogP contribution >= 0.6 is 0 Å². The molecule has 1 aromatic heterocycles. The molecule has 0 radical (unpaired) electrons. The number of carbonyl (C=O) groups is 1. The van der Waals surface area contributed by atoms with Crippen LogP contribution in [0.5, 0.6) is 5.75 Å². The van der Waals surface area contributed by atoms with Crippen molar-refractivity contribution in [3.63, 3.8) is 0 Å². The third kappa shape index (κ3) is 3.71. The number of aromatic nitrogens is 3. The number of hydrogen-bond donors (Lipinski definition) is 1. The van der Waals surface area contributed by atoms with E-state index in [1.165, 1.54) is 14.2 Å². The van der Waals surface area contributed by atoms with Crippen LogP contribution in [0.15, 0.2) is 58.1 Å². The monoisotopic (exact) mass is 380 g/mol. The van der Waals surface area contributed by atoms with E-state index in [4.69, 9.17) is 4.74 Å². The van der Waals surface area contributed by atoms with E-state index in [1.54, 1.807) is 36.4 Å². The molecule has 0 saturated carbocycles. The summed E-state index contributed by atoms with van der Waals surface area (Å²) in [5.41, 5.74) is 0.269. The molecule has 0 saturated heterocycles. The summed E-state index contributed by atoms with van der Waals surface area (Å²) in [6.07, 6.45) is 0.878. The van der Waals surface area contributed by atoms with Gasteiger partial charge in [-0.25, -0.2) is 4.79 Å². The van der Waals surface area contributed by atoms with Crippen LogP contribution in [0, 0.1) is 0 Å². The second-order valence-electron chi connectivity index (χ2n) is 6.11. The average Bonchev–Trinajstić information content (AvgIpc) is 2.73. The number of benzene rings is 2. The average molecular weight is 380 g/mol. The second-order valence-corrected chi connectivity index (χ2v) is 6.11. The van der Waals surface area contributed by atoms with Gasteiger partial charge in [0, 0.05) is 12.7 Å². The fourth-order valence-corrected chi connectivity index (χ4v) is 2.62. The fourth-order valence-electron chi connectivity index (χ4n) is 2.62. The molecule has 0 aliphatic rings. The van der Waals surface area contributed by atoms with Crippen molar-refractivity contribution in [2.75, 3.05) is 12.4 Å². The van der Waals surface area contributed by atoms with Gasteiger partial charge in [0.1, 0.15) is 5.75 Å². The molecule has 28 heavy (non-hydrogen) atoms. The van der Waals surface area contributed by atoms with E-state index in [0.717, 1.165) is 21.2 Å². The van der Waals surface area contributed by atoms with E-state index in [9.17, 15) is 14.4 Å². The van der Waals surface area contributed by atoms with Crippen LogP contribution in [-0.2, 0) is 13.5 Å². The molecule has 8 heteroatoms. The highest BCUT2D eigenvalue weighted by molar-refractivity contribution is 6.02. The maximum atomic E-state index is 12.6. The van der Waals surface area contributed by atoms with Crippen molar-refractivity contribution in [1.29, 1.82) is 0 Å². The number of nitrogens with zero attached hydrogens (tertiary/aromatic N) is 3. The highest BCUT2D eigenvalue weighted by Gasteiger charge is 2.19. The predicted molar refractivity (Wildman–Crippen MR) is 105 cm³/mol. The lowest BCUT2D eigenvalue weighted by atomic mass is 10.1. The van der Waals surface area contributed by atoms with E-state index < -0.39 is 17.2 Å². The van der Waals surface area contributed by atoms with Gasteiger partial charge in [0.2, 0.25) is 5.69 Å². The number of methoxy groups -OCH3 is 1. The first-order chi connectivity index (χ1) is 13.4. The fraction of sp³-hybridized carbons (Fsp3) is 0.200. The Morgan fingerprint density at radius 1 is 1.07 bits per heavy atom. The molecule has 144 valence electrons. The van der Waals surface area contributed by atoms with E-state index in [2.05, 4.69) is 10.4 Å². The summed E-state index contributed by atoms with van der Waals surface area (Å²) in [6.45, 7) is 2.03. The molecule has 0 bridgehead atoms. The quantitative estimate of drug-likeness (QED) is 0.728. The standard InChI is InChI=1S/C20H20N4O4/c1-4-13-5-7-14(8-6-13)21-18(25)17-19(26)23(2)20(27)24(22-17)15-9-11-16(28-3)12-10-15/h5-12H,4H2,1-3H3,(H,21,25). The van der Waals surface area contributed by atoms with Crippen LogP contribution in [0.2, 0.25) is 0 Å². The number of amides is 1. The molecule has 0 aliphatic carbocycles.